The predicted molar refractivity (Wildman–Crippen MR) is 96.4 cm³/mol. The van der Waals surface area contributed by atoms with Crippen molar-refractivity contribution in [1.29, 1.82) is 0 Å². The molecular weight excluding hydrogens is 330 g/mol. The van der Waals surface area contributed by atoms with Crippen molar-refractivity contribution in [1.82, 2.24) is 5.32 Å². The standard InChI is InChI=1S/C21H19NO4/c23-21(22-10-13-4-5-18-20(6-13)26-12-25-18)9-16-11-24-19-8-15-3-1-2-14(15)7-17(16)19/h4-8,11H,1-3,9-10,12H2,(H,22,23). The van der Waals surface area contributed by atoms with Gasteiger partial charge in [0.15, 0.2) is 11.5 Å². The van der Waals surface area contributed by atoms with Gasteiger partial charge >= 0.3 is 0 Å². The minimum absolute atomic E-state index is 0.0223. The largest absolute Gasteiger partial charge is 0.464 e. The molecule has 0 atom stereocenters. The third kappa shape index (κ3) is 2.69. The first kappa shape index (κ1) is 15.3. The Kier molecular flexibility index (Phi) is 3.59. The highest BCUT2D eigenvalue weighted by Crippen LogP contribution is 2.33. The number of nitrogens with one attached hydrogen (secondary N) is 1. The van der Waals surface area contributed by atoms with E-state index in [1.54, 1.807) is 6.26 Å². The molecule has 1 N–H and O–H groups in total. The molecule has 0 saturated heterocycles. The molecule has 3 aromatic rings. The molecule has 0 spiro atoms. The van der Waals surface area contributed by atoms with E-state index >= 15 is 0 Å². The number of furan rings is 1. The first-order valence-electron chi connectivity index (χ1n) is 8.93. The zero-order valence-corrected chi connectivity index (χ0v) is 14.3. The van der Waals surface area contributed by atoms with Crippen LogP contribution in [0.3, 0.4) is 0 Å². The highest BCUT2D eigenvalue weighted by atomic mass is 16.7. The minimum atomic E-state index is -0.0223. The predicted octanol–water partition coefficient (Wildman–Crippen LogP) is 3.51. The molecule has 5 rings (SSSR count). The summed E-state index contributed by atoms with van der Waals surface area (Å²) in [6.45, 7) is 0.711. The molecule has 1 aliphatic carbocycles. The van der Waals surface area contributed by atoms with Crippen molar-refractivity contribution in [2.75, 3.05) is 6.79 Å². The van der Waals surface area contributed by atoms with Gasteiger partial charge in [0.1, 0.15) is 5.58 Å². The summed E-state index contributed by atoms with van der Waals surface area (Å²) in [5, 5.41) is 4.03. The second-order valence-corrected chi connectivity index (χ2v) is 6.87. The summed E-state index contributed by atoms with van der Waals surface area (Å²) < 4.78 is 16.3. The van der Waals surface area contributed by atoms with Gasteiger partial charge < -0.3 is 19.2 Å². The molecule has 26 heavy (non-hydrogen) atoms. The summed E-state index contributed by atoms with van der Waals surface area (Å²) in [4.78, 5) is 12.4. The van der Waals surface area contributed by atoms with Crippen molar-refractivity contribution >= 4 is 16.9 Å². The van der Waals surface area contributed by atoms with Crippen LogP contribution in [0.5, 0.6) is 11.5 Å². The van der Waals surface area contributed by atoms with Crippen LogP contribution in [0.25, 0.3) is 11.0 Å². The molecular formula is C21H19NO4. The maximum absolute atomic E-state index is 12.4. The van der Waals surface area contributed by atoms with Gasteiger partial charge in [0.25, 0.3) is 0 Å². The highest BCUT2D eigenvalue weighted by molar-refractivity contribution is 5.88. The van der Waals surface area contributed by atoms with Crippen LogP contribution in [0.2, 0.25) is 0 Å². The maximum Gasteiger partial charge on any atom is 0.231 e. The fraction of sp³-hybridized carbons (Fsp3) is 0.286. The van der Waals surface area contributed by atoms with Gasteiger partial charge in [0, 0.05) is 17.5 Å². The van der Waals surface area contributed by atoms with Crippen LogP contribution < -0.4 is 14.8 Å². The number of rotatable bonds is 4. The first-order chi connectivity index (χ1) is 12.8. The number of benzene rings is 2. The van der Waals surface area contributed by atoms with Gasteiger partial charge in [-0.05, 0) is 60.2 Å². The number of amides is 1. The minimum Gasteiger partial charge on any atom is -0.464 e. The molecule has 132 valence electrons. The normalized spacial score (nSPS) is 14.6. The van der Waals surface area contributed by atoms with Gasteiger partial charge in [-0.2, -0.15) is 0 Å². The van der Waals surface area contributed by atoms with E-state index in [0.29, 0.717) is 13.0 Å². The van der Waals surface area contributed by atoms with Crippen molar-refractivity contribution < 1.29 is 18.7 Å². The van der Waals surface area contributed by atoms with E-state index in [9.17, 15) is 4.79 Å². The van der Waals surface area contributed by atoms with Crippen LogP contribution in [-0.2, 0) is 30.6 Å². The molecule has 2 aliphatic rings. The van der Waals surface area contributed by atoms with Gasteiger partial charge in [0.2, 0.25) is 12.7 Å². The SMILES string of the molecule is O=C(Cc1coc2cc3c(cc12)CCC3)NCc1ccc2c(c1)OCO2. The smallest absolute Gasteiger partial charge is 0.231 e. The lowest BCUT2D eigenvalue weighted by atomic mass is 10.0. The van der Waals surface area contributed by atoms with Crippen molar-refractivity contribution in [2.24, 2.45) is 0 Å². The van der Waals surface area contributed by atoms with Gasteiger partial charge in [0.05, 0.1) is 12.7 Å². The molecule has 1 amide bonds. The number of hydrogen-bond donors (Lipinski definition) is 1. The molecule has 0 bridgehead atoms. The van der Waals surface area contributed by atoms with E-state index in [1.165, 1.54) is 17.5 Å². The van der Waals surface area contributed by atoms with E-state index in [1.807, 2.05) is 18.2 Å². The Balaban J connectivity index is 1.28. The van der Waals surface area contributed by atoms with Crippen molar-refractivity contribution in [3.63, 3.8) is 0 Å². The van der Waals surface area contributed by atoms with Crippen molar-refractivity contribution in [2.45, 2.75) is 32.2 Å². The molecule has 0 saturated carbocycles. The van der Waals surface area contributed by atoms with E-state index in [2.05, 4.69) is 17.4 Å². The molecule has 5 heteroatoms. The van der Waals surface area contributed by atoms with Crippen LogP contribution in [-0.4, -0.2) is 12.7 Å². The Morgan fingerprint density at radius 2 is 1.88 bits per heavy atom. The second kappa shape index (κ2) is 6.09. The number of carbonyl (C=O) groups excluding carboxylic acids is 1. The number of aryl methyl sites for hydroxylation is 2. The number of hydrogen-bond acceptors (Lipinski definition) is 4. The monoisotopic (exact) mass is 349 g/mol. The molecule has 2 heterocycles. The quantitative estimate of drug-likeness (QED) is 0.783. The van der Waals surface area contributed by atoms with E-state index < -0.39 is 0 Å². The summed E-state index contributed by atoms with van der Waals surface area (Å²) in [5.41, 5.74) is 5.58. The summed E-state index contributed by atoms with van der Waals surface area (Å²) in [5.74, 6) is 1.45. The maximum atomic E-state index is 12.4. The molecule has 0 radical (unpaired) electrons. The number of carbonyl (C=O) groups is 1. The Labute approximate surface area is 150 Å². The fourth-order valence-electron chi connectivity index (χ4n) is 3.77. The molecule has 1 aromatic heterocycles. The second-order valence-electron chi connectivity index (χ2n) is 6.87. The van der Waals surface area contributed by atoms with Crippen LogP contribution in [0, 0.1) is 0 Å². The third-order valence-corrected chi connectivity index (χ3v) is 5.15. The van der Waals surface area contributed by atoms with Crippen molar-refractivity contribution in [3.8, 4) is 11.5 Å². The van der Waals surface area contributed by atoms with Gasteiger partial charge in [-0.25, -0.2) is 0 Å². The molecule has 0 fully saturated rings. The van der Waals surface area contributed by atoms with Gasteiger partial charge in [-0.1, -0.05) is 6.07 Å². The van der Waals surface area contributed by atoms with Crippen LogP contribution in [0.15, 0.2) is 41.0 Å². The lowest BCUT2D eigenvalue weighted by molar-refractivity contribution is -0.120. The summed E-state index contributed by atoms with van der Waals surface area (Å²) >= 11 is 0. The van der Waals surface area contributed by atoms with E-state index in [4.69, 9.17) is 13.9 Å². The first-order valence-corrected chi connectivity index (χ1v) is 8.93. The Morgan fingerprint density at radius 1 is 1.04 bits per heavy atom. The molecule has 1 aliphatic heterocycles. The fourth-order valence-corrected chi connectivity index (χ4v) is 3.77. The number of ether oxygens (including phenoxy) is 2. The zero-order valence-electron chi connectivity index (χ0n) is 14.3. The third-order valence-electron chi connectivity index (χ3n) is 5.15. The topological polar surface area (TPSA) is 60.7 Å². The molecule has 0 unspecified atom stereocenters. The zero-order chi connectivity index (χ0) is 17.5. The Bertz CT molecular complexity index is 1000. The van der Waals surface area contributed by atoms with E-state index in [-0.39, 0.29) is 12.7 Å². The van der Waals surface area contributed by atoms with E-state index in [0.717, 1.165) is 46.4 Å². The van der Waals surface area contributed by atoms with Crippen molar-refractivity contribution in [3.05, 3.63) is 58.8 Å². The van der Waals surface area contributed by atoms with Crippen LogP contribution in [0.1, 0.15) is 28.7 Å². The summed E-state index contributed by atoms with van der Waals surface area (Å²) in [7, 11) is 0. The highest BCUT2D eigenvalue weighted by Gasteiger charge is 2.17. The van der Waals surface area contributed by atoms with Crippen LogP contribution >= 0.6 is 0 Å². The Morgan fingerprint density at radius 3 is 2.81 bits per heavy atom. The summed E-state index contributed by atoms with van der Waals surface area (Å²) in [6.07, 6.45) is 5.47. The number of fused-ring (bicyclic) bond motifs is 3. The average Bonchev–Trinajstić information content (AvgIpc) is 3.37. The Hall–Kier alpha value is -2.95. The summed E-state index contributed by atoms with van der Waals surface area (Å²) in [6, 6.07) is 10.0. The molecule has 2 aromatic carbocycles. The lowest BCUT2D eigenvalue weighted by Gasteiger charge is -2.06. The van der Waals surface area contributed by atoms with Gasteiger partial charge in [-0.15, -0.1) is 0 Å². The molecule has 5 nitrogen and oxygen atoms in total. The lowest BCUT2D eigenvalue weighted by Crippen LogP contribution is -2.24. The van der Waals surface area contributed by atoms with Gasteiger partial charge in [-0.3, -0.25) is 4.79 Å². The van der Waals surface area contributed by atoms with Crippen LogP contribution in [0.4, 0.5) is 0 Å². The average molecular weight is 349 g/mol.